The van der Waals surface area contributed by atoms with Gasteiger partial charge in [0, 0.05) is 11.7 Å². The Kier molecular flexibility index (Phi) is 3.33. The summed E-state index contributed by atoms with van der Waals surface area (Å²) < 4.78 is 23.1. The van der Waals surface area contributed by atoms with Crippen LogP contribution in [0.4, 0.5) is 0 Å². The molecule has 0 spiro atoms. The highest BCUT2D eigenvalue weighted by Gasteiger charge is 2.34. The van der Waals surface area contributed by atoms with E-state index in [-0.39, 0.29) is 5.75 Å². The monoisotopic (exact) mass is 242 g/mol. The van der Waals surface area contributed by atoms with Gasteiger partial charge in [0.05, 0.1) is 5.25 Å². The third-order valence-corrected chi connectivity index (χ3v) is 5.12. The SMILES string of the molecule is CC(C(C)(C)c1cccc(O)c1)S(C)(=O)=O. The van der Waals surface area contributed by atoms with Crippen LogP contribution < -0.4 is 0 Å². The lowest BCUT2D eigenvalue weighted by atomic mass is 9.82. The molecule has 0 saturated heterocycles. The van der Waals surface area contributed by atoms with Crippen molar-refractivity contribution < 1.29 is 13.5 Å². The fourth-order valence-corrected chi connectivity index (χ4v) is 2.88. The van der Waals surface area contributed by atoms with Crippen molar-refractivity contribution in [2.24, 2.45) is 0 Å². The molecule has 90 valence electrons. The van der Waals surface area contributed by atoms with Crippen molar-refractivity contribution in [1.82, 2.24) is 0 Å². The van der Waals surface area contributed by atoms with Gasteiger partial charge in [-0.05, 0) is 24.6 Å². The number of sulfone groups is 1. The maximum atomic E-state index is 11.6. The van der Waals surface area contributed by atoms with Crippen molar-refractivity contribution in [3.05, 3.63) is 29.8 Å². The van der Waals surface area contributed by atoms with Crippen molar-refractivity contribution in [3.63, 3.8) is 0 Å². The summed E-state index contributed by atoms with van der Waals surface area (Å²) in [7, 11) is -3.10. The van der Waals surface area contributed by atoms with E-state index in [1.165, 1.54) is 6.26 Å². The minimum Gasteiger partial charge on any atom is -0.508 e. The predicted octanol–water partition coefficient (Wildman–Crippen LogP) is 2.10. The highest BCUT2D eigenvalue weighted by atomic mass is 32.2. The third kappa shape index (κ3) is 2.55. The summed E-state index contributed by atoms with van der Waals surface area (Å²) >= 11 is 0. The molecule has 3 nitrogen and oxygen atoms in total. The van der Waals surface area contributed by atoms with Gasteiger partial charge >= 0.3 is 0 Å². The Balaban J connectivity index is 3.21. The summed E-state index contributed by atoms with van der Waals surface area (Å²) in [6, 6.07) is 6.75. The lowest BCUT2D eigenvalue weighted by Crippen LogP contribution is -2.37. The average molecular weight is 242 g/mol. The third-order valence-electron chi connectivity index (χ3n) is 3.25. The lowest BCUT2D eigenvalue weighted by Gasteiger charge is -2.31. The summed E-state index contributed by atoms with van der Waals surface area (Å²) in [5.74, 6) is 0.159. The van der Waals surface area contributed by atoms with Crippen molar-refractivity contribution in [2.45, 2.75) is 31.4 Å². The average Bonchev–Trinajstić information content (AvgIpc) is 2.15. The number of rotatable bonds is 3. The van der Waals surface area contributed by atoms with Crippen LogP contribution in [0.15, 0.2) is 24.3 Å². The number of phenols is 1. The molecular weight excluding hydrogens is 224 g/mol. The summed E-state index contributed by atoms with van der Waals surface area (Å²) in [6.45, 7) is 5.43. The first kappa shape index (κ1) is 13.0. The topological polar surface area (TPSA) is 54.4 Å². The van der Waals surface area contributed by atoms with Crippen LogP contribution >= 0.6 is 0 Å². The van der Waals surface area contributed by atoms with Gasteiger partial charge in [-0.1, -0.05) is 26.0 Å². The highest BCUT2D eigenvalue weighted by molar-refractivity contribution is 7.91. The van der Waals surface area contributed by atoms with E-state index in [9.17, 15) is 13.5 Å². The van der Waals surface area contributed by atoms with Gasteiger partial charge < -0.3 is 5.11 Å². The molecule has 0 radical (unpaired) electrons. The van der Waals surface area contributed by atoms with E-state index in [4.69, 9.17) is 0 Å². The van der Waals surface area contributed by atoms with Gasteiger partial charge in [-0.15, -0.1) is 0 Å². The van der Waals surface area contributed by atoms with E-state index < -0.39 is 20.5 Å². The fraction of sp³-hybridized carbons (Fsp3) is 0.500. The second-order valence-corrected chi connectivity index (χ2v) is 7.11. The van der Waals surface area contributed by atoms with E-state index in [1.807, 2.05) is 19.9 Å². The summed E-state index contributed by atoms with van der Waals surface area (Å²) in [5.41, 5.74) is 0.303. The minimum atomic E-state index is -3.10. The molecule has 1 aromatic rings. The molecule has 1 atom stereocenters. The summed E-state index contributed by atoms with van der Waals surface area (Å²) in [6.07, 6.45) is 1.24. The molecule has 0 aliphatic carbocycles. The fourth-order valence-electron chi connectivity index (χ4n) is 1.68. The van der Waals surface area contributed by atoms with E-state index >= 15 is 0 Å². The zero-order chi connectivity index (χ0) is 12.6. The molecule has 4 heteroatoms. The molecule has 0 aliphatic rings. The quantitative estimate of drug-likeness (QED) is 0.883. The van der Waals surface area contributed by atoms with E-state index in [0.29, 0.717) is 0 Å². The summed E-state index contributed by atoms with van der Waals surface area (Å²) in [5, 5.41) is 8.91. The number of hydrogen-bond acceptors (Lipinski definition) is 3. The Labute approximate surface area is 97.0 Å². The van der Waals surface area contributed by atoms with E-state index in [1.54, 1.807) is 25.1 Å². The largest absolute Gasteiger partial charge is 0.508 e. The Hall–Kier alpha value is -1.03. The molecule has 1 N–H and O–H groups in total. The van der Waals surface area contributed by atoms with Crippen LogP contribution in [0.1, 0.15) is 26.3 Å². The second-order valence-electron chi connectivity index (χ2n) is 4.74. The second kappa shape index (κ2) is 4.09. The van der Waals surface area contributed by atoms with Crippen molar-refractivity contribution in [1.29, 1.82) is 0 Å². The first-order valence-corrected chi connectivity index (χ1v) is 7.09. The van der Waals surface area contributed by atoms with Crippen LogP contribution in [0.25, 0.3) is 0 Å². The molecule has 0 aromatic heterocycles. The van der Waals surface area contributed by atoms with Gasteiger partial charge in [0.1, 0.15) is 5.75 Å². The number of aromatic hydroxyl groups is 1. The van der Waals surface area contributed by atoms with Crippen LogP contribution in [-0.2, 0) is 15.3 Å². The van der Waals surface area contributed by atoms with Gasteiger partial charge in [0.15, 0.2) is 9.84 Å². The van der Waals surface area contributed by atoms with E-state index in [0.717, 1.165) is 5.56 Å². The van der Waals surface area contributed by atoms with Crippen LogP contribution in [0.2, 0.25) is 0 Å². The Morgan fingerprint density at radius 2 is 1.88 bits per heavy atom. The molecule has 0 amide bonds. The molecule has 16 heavy (non-hydrogen) atoms. The summed E-state index contributed by atoms with van der Waals surface area (Å²) in [4.78, 5) is 0. The van der Waals surface area contributed by atoms with Gasteiger partial charge in [-0.2, -0.15) is 0 Å². The Morgan fingerprint density at radius 1 is 1.31 bits per heavy atom. The maximum Gasteiger partial charge on any atom is 0.150 e. The molecule has 1 rings (SSSR count). The lowest BCUT2D eigenvalue weighted by molar-refractivity contribution is 0.460. The molecule has 0 fully saturated rings. The van der Waals surface area contributed by atoms with Gasteiger partial charge in [-0.3, -0.25) is 0 Å². The van der Waals surface area contributed by atoms with Crippen molar-refractivity contribution in [2.75, 3.05) is 6.26 Å². The first-order chi connectivity index (χ1) is 7.15. The Bertz CT molecular complexity index is 475. The van der Waals surface area contributed by atoms with Gasteiger partial charge in [0.25, 0.3) is 0 Å². The van der Waals surface area contributed by atoms with Gasteiger partial charge in [0.2, 0.25) is 0 Å². The van der Waals surface area contributed by atoms with Crippen LogP contribution in [0, 0.1) is 0 Å². The molecule has 0 bridgehead atoms. The number of phenolic OH excluding ortho intramolecular Hbond substituents is 1. The number of hydrogen-bond donors (Lipinski definition) is 1. The molecule has 0 saturated carbocycles. The molecule has 0 aliphatic heterocycles. The predicted molar refractivity (Wildman–Crippen MR) is 65.4 cm³/mol. The van der Waals surface area contributed by atoms with Crippen molar-refractivity contribution >= 4 is 9.84 Å². The zero-order valence-corrected chi connectivity index (χ0v) is 10.9. The highest BCUT2D eigenvalue weighted by Crippen LogP contribution is 2.32. The molecular formula is C12H18O3S. The van der Waals surface area contributed by atoms with Crippen LogP contribution in [-0.4, -0.2) is 25.0 Å². The van der Waals surface area contributed by atoms with E-state index in [2.05, 4.69) is 0 Å². The van der Waals surface area contributed by atoms with Gasteiger partial charge in [-0.25, -0.2) is 8.42 Å². The maximum absolute atomic E-state index is 11.6. The molecule has 0 heterocycles. The zero-order valence-electron chi connectivity index (χ0n) is 10.1. The van der Waals surface area contributed by atoms with Crippen LogP contribution in [0.3, 0.4) is 0 Å². The molecule has 1 unspecified atom stereocenters. The molecule has 1 aromatic carbocycles. The number of benzene rings is 1. The Morgan fingerprint density at radius 3 is 2.31 bits per heavy atom. The first-order valence-electron chi connectivity index (χ1n) is 5.14. The normalized spacial score (nSPS) is 14.8. The van der Waals surface area contributed by atoms with Crippen LogP contribution in [0.5, 0.6) is 5.75 Å². The minimum absolute atomic E-state index is 0.159. The smallest absolute Gasteiger partial charge is 0.150 e. The standard InChI is InChI=1S/C12H18O3S/c1-9(16(4,14)15)12(2,3)10-6-5-7-11(13)8-10/h5-9,13H,1-4H3. The van der Waals surface area contributed by atoms with Crippen molar-refractivity contribution in [3.8, 4) is 5.75 Å².